The predicted molar refractivity (Wildman–Crippen MR) is 105 cm³/mol. The molecule has 2 N–H and O–H groups in total. The van der Waals surface area contributed by atoms with E-state index in [1.165, 1.54) is 11.2 Å². The van der Waals surface area contributed by atoms with Crippen LogP contribution in [0.15, 0.2) is 36.8 Å². The van der Waals surface area contributed by atoms with Crippen LogP contribution in [-0.4, -0.2) is 54.2 Å². The van der Waals surface area contributed by atoms with E-state index in [-0.39, 0.29) is 6.03 Å². The zero-order chi connectivity index (χ0) is 19.2. The van der Waals surface area contributed by atoms with Crippen LogP contribution in [0.3, 0.4) is 0 Å². The third-order valence-electron chi connectivity index (χ3n) is 4.67. The standard InChI is InChI=1S/C19H26N6O2/c1-4-25(5-2)10-11-27-16-9-7-6-8-15(16)22-17-14-12-20-13-21-18(14)24(3)19(26)23-17/h6-9,12-13,17,22H,4-5,10-11H2,1-3H3,(H,23,26). The van der Waals surface area contributed by atoms with Crippen molar-refractivity contribution in [3.63, 3.8) is 0 Å². The molecule has 1 aliphatic heterocycles. The lowest BCUT2D eigenvalue weighted by molar-refractivity contribution is 0.223. The number of likely N-dealkylation sites (N-methyl/N-ethyl adjacent to an activating group) is 1. The van der Waals surface area contributed by atoms with Gasteiger partial charge in [0.1, 0.15) is 30.7 Å². The Morgan fingerprint density at radius 2 is 2.07 bits per heavy atom. The average Bonchev–Trinajstić information content (AvgIpc) is 2.70. The van der Waals surface area contributed by atoms with Gasteiger partial charge in [-0.15, -0.1) is 0 Å². The van der Waals surface area contributed by atoms with E-state index in [1.54, 1.807) is 13.2 Å². The van der Waals surface area contributed by atoms with Gasteiger partial charge < -0.3 is 20.3 Å². The third kappa shape index (κ3) is 4.28. The average molecular weight is 370 g/mol. The van der Waals surface area contributed by atoms with Gasteiger partial charge >= 0.3 is 6.03 Å². The number of carbonyl (C=O) groups excluding carboxylic acids is 1. The van der Waals surface area contributed by atoms with Crippen molar-refractivity contribution in [3.05, 3.63) is 42.4 Å². The zero-order valence-corrected chi connectivity index (χ0v) is 16.0. The second-order valence-corrected chi connectivity index (χ2v) is 6.26. The minimum absolute atomic E-state index is 0.223. The molecule has 1 aromatic heterocycles. The molecule has 1 atom stereocenters. The number of ether oxygens (including phenoxy) is 1. The summed E-state index contributed by atoms with van der Waals surface area (Å²) in [6, 6.07) is 7.49. The van der Waals surface area contributed by atoms with Crippen molar-refractivity contribution in [1.82, 2.24) is 20.2 Å². The highest BCUT2D eigenvalue weighted by Gasteiger charge is 2.30. The number of para-hydroxylation sites is 2. The van der Waals surface area contributed by atoms with Gasteiger partial charge in [-0.25, -0.2) is 14.8 Å². The van der Waals surface area contributed by atoms with Crippen molar-refractivity contribution in [2.75, 3.05) is 43.5 Å². The molecule has 0 aliphatic carbocycles. The van der Waals surface area contributed by atoms with E-state index in [4.69, 9.17) is 4.74 Å². The summed E-state index contributed by atoms with van der Waals surface area (Å²) in [7, 11) is 1.68. The Hall–Kier alpha value is -2.87. The quantitative estimate of drug-likeness (QED) is 0.743. The number of anilines is 2. The van der Waals surface area contributed by atoms with Gasteiger partial charge in [0.05, 0.1) is 11.3 Å². The largest absolute Gasteiger partial charge is 0.490 e. The Balaban J connectivity index is 1.75. The first kappa shape index (κ1) is 18.9. The van der Waals surface area contributed by atoms with Crippen LogP contribution >= 0.6 is 0 Å². The van der Waals surface area contributed by atoms with Gasteiger partial charge in [0.2, 0.25) is 0 Å². The molecule has 0 fully saturated rings. The Labute approximate surface area is 159 Å². The number of benzene rings is 1. The minimum Gasteiger partial charge on any atom is -0.490 e. The van der Waals surface area contributed by atoms with E-state index in [9.17, 15) is 4.79 Å². The van der Waals surface area contributed by atoms with Crippen molar-refractivity contribution in [2.45, 2.75) is 20.0 Å². The van der Waals surface area contributed by atoms with E-state index in [2.05, 4.69) is 39.3 Å². The Kier molecular flexibility index (Phi) is 6.08. The lowest BCUT2D eigenvalue weighted by Crippen LogP contribution is -2.47. The van der Waals surface area contributed by atoms with Crippen LogP contribution < -0.4 is 20.3 Å². The van der Waals surface area contributed by atoms with Crippen molar-refractivity contribution < 1.29 is 9.53 Å². The molecule has 0 radical (unpaired) electrons. The molecule has 2 amide bonds. The summed E-state index contributed by atoms with van der Waals surface area (Å²) in [5.74, 6) is 1.34. The summed E-state index contributed by atoms with van der Waals surface area (Å²) >= 11 is 0. The lowest BCUT2D eigenvalue weighted by Gasteiger charge is -2.32. The predicted octanol–water partition coefficient (Wildman–Crippen LogP) is 2.47. The number of urea groups is 1. The molecule has 1 aliphatic rings. The fraction of sp³-hybridized carbons (Fsp3) is 0.421. The maximum Gasteiger partial charge on any atom is 0.324 e. The highest BCUT2D eigenvalue weighted by atomic mass is 16.5. The summed E-state index contributed by atoms with van der Waals surface area (Å²) in [6.07, 6.45) is 2.71. The molecule has 3 rings (SSSR count). The van der Waals surface area contributed by atoms with E-state index in [0.717, 1.165) is 36.6 Å². The van der Waals surface area contributed by atoms with Crippen molar-refractivity contribution >= 4 is 17.5 Å². The molecule has 2 heterocycles. The van der Waals surface area contributed by atoms with Gasteiger partial charge in [-0.05, 0) is 25.2 Å². The summed E-state index contributed by atoms with van der Waals surface area (Å²) in [4.78, 5) is 24.3. The molecule has 1 aromatic carbocycles. The molecule has 0 bridgehead atoms. The first-order valence-electron chi connectivity index (χ1n) is 9.18. The van der Waals surface area contributed by atoms with Gasteiger partial charge in [-0.2, -0.15) is 0 Å². The van der Waals surface area contributed by atoms with Gasteiger partial charge in [0, 0.05) is 19.8 Å². The molecular formula is C19H26N6O2. The zero-order valence-electron chi connectivity index (χ0n) is 16.0. The first-order valence-corrected chi connectivity index (χ1v) is 9.18. The Morgan fingerprint density at radius 1 is 1.30 bits per heavy atom. The van der Waals surface area contributed by atoms with Crippen molar-refractivity contribution in [3.8, 4) is 5.75 Å². The highest BCUT2D eigenvalue weighted by molar-refractivity contribution is 5.94. The van der Waals surface area contributed by atoms with Gasteiger partial charge in [-0.1, -0.05) is 26.0 Å². The third-order valence-corrected chi connectivity index (χ3v) is 4.67. The van der Waals surface area contributed by atoms with E-state index in [1.807, 2.05) is 24.3 Å². The summed E-state index contributed by atoms with van der Waals surface area (Å²) in [5, 5.41) is 6.27. The van der Waals surface area contributed by atoms with Crippen LogP contribution in [0.25, 0.3) is 0 Å². The molecule has 8 heteroatoms. The number of aromatic nitrogens is 2. The number of nitrogens with zero attached hydrogens (tertiary/aromatic N) is 4. The fourth-order valence-corrected chi connectivity index (χ4v) is 3.02. The smallest absolute Gasteiger partial charge is 0.324 e. The second-order valence-electron chi connectivity index (χ2n) is 6.26. The van der Waals surface area contributed by atoms with Gasteiger partial charge in [0.25, 0.3) is 0 Å². The molecule has 27 heavy (non-hydrogen) atoms. The number of fused-ring (bicyclic) bond motifs is 1. The maximum atomic E-state index is 12.2. The van der Waals surface area contributed by atoms with Gasteiger partial charge in [-0.3, -0.25) is 4.90 Å². The van der Waals surface area contributed by atoms with E-state index in [0.29, 0.717) is 12.4 Å². The first-order chi connectivity index (χ1) is 13.1. The summed E-state index contributed by atoms with van der Waals surface area (Å²) in [5.41, 5.74) is 1.61. The maximum absolute atomic E-state index is 12.2. The van der Waals surface area contributed by atoms with Crippen LogP contribution in [-0.2, 0) is 0 Å². The van der Waals surface area contributed by atoms with Gasteiger partial charge in [0.15, 0.2) is 0 Å². The monoisotopic (exact) mass is 370 g/mol. The number of amides is 2. The number of rotatable bonds is 8. The molecule has 1 unspecified atom stereocenters. The lowest BCUT2D eigenvalue weighted by atomic mass is 10.1. The highest BCUT2D eigenvalue weighted by Crippen LogP contribution is 2.32. The normalized spacial score (nSPS) is 16.1. The number of nitrogens with one attached hydrogen (secondary N) is 2. The second kappa shape index (κ2) is 8.68. The Bertz CT molecular complexity index is 780. The van der Waals surface area contributed by atoms with Crippen molar-refractivity contribution in [2.24, 2.45) is 0 Å². The molecule has 0 saturated carbocycles. The summed E-state index contributed by atoms with van der Waals surface area (Å²) < 4.78 is 5.99. The summed E-state index contributed by atoms with van der Waals surface area (Å²) in [6.45, 7) is 7.74. The fourth-order valence-electron chi connectivity index (χ4n) is 3.02. The molecule has 8 nitrogen and oxygen atoms in total. The molecule has 0 spiro atoms. The van der Waals surface area contributed by atoms with Crippen LogP contribution in [0.5, 0.6) is 5.75 Å². The number of carbonyl (C=O) groups is 1. The Morgan fingerprint density at radius 3 is 2.85 bits per heavy atom. The van der Waals surface area contributed by atoms with Crippen LogP contribution in [0.1, 0.15) is 25.6 Å². The van der Waals surface area contributed by atoms with Crippen molar-refractivity contribution in [1.29, 1.82) is 0 Å². The topological polar surface area (TPSA) is 82.6 Å². The molecular weight excluding hydrogens is 344 g/mol. The van der Waals surface area contributed by atoms with Crippen LogP contribution in [0.4, 0.5) is 16.3 Å². The molecule has 0 saturated heterocycles. The minimum atomic E-state index is -0.433. The van der Waals surface area contributed by atoms with E-state index >= 15 is 0 Å². The molecule has 144 valence electrons. The van der Waals surface area contributed by atoms with Crippen LogP contribution in [0, 0.1) is 0 Å². The molecule has 2 aromatic rings. The van der Waals surface area contributed by atoms with E-state index < -0.39 is 6.17 Å². The van der Waals surface area contributed by atoms with Crippen LogP contribution in [0.2, 0.25) is 0 Å². The number of hydrogen-bond acceptors (Lipinski definition) is 6. The SMILES string of the molecule is CCN(CC)CCOc1ccccc1NC1NC(=O)N(C)c2ncncc21. The number of hydrogen-bond donors (Lipinski definition) is 2.